The van der Waals surface area contributed by atoms with Gasteiger partial charge in [-0.1, -0.05) is 0 Å². The van der Waals surface area contributed by atoms with Gasteiger partial charge in [0.25, 0.3) is 0 Å². The average molecular weight is 377 g/mol. The third kappa shape index (κ3) is 2.18. The number of aromatic amines is 2. The highest BCUT2D eigenvalue weighted by Gasteiger charge is 2.21. The number of fused-ring (bicyclic) bond motifs is 4. The lowest BCUT2D eigenvalue weighted by molar-refractivity contribution is 0.340. The minimum absolute atomic E-state index is 0.0865. The second kappa shape index (κ2) is 5.78. The van der Waals surface area contributed by atoms with Gasteiger partial charge in [-0.3, -0.25) is 9.89 Å². The van der Waals surface area contributed by atoms with Crippen molar-refractivity contribution in [2.45, 2.75) is 0 Å². The van der Waals surface area contributed by atoms with Crippen LogP contribution in [0.5, 0.6) is 17.2 Å². The Labute approximate surface area is 157 Å². The van der Waals surface area contributed by atoms with Gasteiger partial charge in [-0.25, -0.2) is 4.98 Å². The third-order valence-electron chi connectivity index (χ3n) is 4.79. The number of furan rings is 1. The van der Waals surface area contributed by atoms with E-state index in [-0.39, 0.29) is 22.7 Å². The molecule has 8 heteroatoms. The van der Waals surface area contributed by atoms with Gasteiger partial charge in [-0.15, -0.1) is 0 Å². The number of aromatic hydroxyl groups is 1. The molecule has 3 aromatic heterocycles. The lowest BCUT2D eigenvalue weighted by Crippen LogP contribution is -1.92. The van der Waals surface area contributed by atoms with Crippen LogP contribution in [0.2, 0.25) is 0 Å². The minimum atomic E-state index is -0.139. The first-order valence-corrected chi connectivity index (χ1v) is 8.48. The Kier molecular flexibility index (Phi) is 3.35. The van der Waals surface area contributed by atoms with Gasteiger partial charge in [0.05, 0.1) is 14.2 Å². The molecule has 0 bridgehead atoms. The van der Waals surface area contributed by atoms with Crippen molar-refractivity contribution in [1.82, 2.24) is 15.2 Å². The predicted molar refractivity (Wildman–Crippen MR) is 104 cm³/mol. The van der Waals surface area contributed by atoms with Crippen LogP contribution in [0.3, 0.4) is 0 Å². The standard InChI is InChI=1S/C20H15N3O5/c1-26-14-5-9(6-15(27-2)18(14)25)16-12-8-21-23-20(12)22-17-11-4-3-10(24)7-13(11)28-19(16)17/h3-8,25H,1-2H3,(H2,21,22,23). The SMILES string of the molecule is COc1cc(-c2c3c[nH][nH]c3nc3c2oc2cc(=O)ccc23)cc(OC)c1O. The van der Waals surface area contributed by atoms with E-state index in [1.165, 1.54) is 26.4 Å². The molecule has 0 radical (unpaired) electrons. The zero-order valence-electron chi connectivity index (χ0n) is 15.0. The summed E-state index contributed by atoms with van der Waals surface area (Å²) in [5.74, 6) is 0.450. The van der Waals surface area contributed by atoms with Gasteiger partial charge in [0.15, 0.2) is 28.2 Å². The lowest BCUT2D eigenvalue weighted by Gasteiger charge is -2.12. The average Bonchev–Trinajstić information content (AvgIpc) is 3.30. The molecule has 0 aliphatic rings. The quantitative estimate of drug-likeness (QED) is 0.443. The number of rotatable bonds is 3. The maximum absolute atomic E-state index is 11.8. The molecule has 2 aromatic carbocycles. The van der Waals surface area contributed by atoms with Crippen molar-refractivity contribution >= 4 is 33.1 Å². The Bertz CT molecular complexity index is 1400. The summed E-state index contributed by atoms with van der Waals surface area (Å²) < 4.78 is 16.6. The number of nitrogens with one attached hydrogen (secondary N) is 2. The number of nitrogens with zero attached hydrogens (tertiary/aromatic N) is 1. The van der Waals surface area contributed by atoms with Crippen molar-refractivity contribution in [3.8, 4) is 28.4 Å². The Balaban J connectivity index is 1.96. The second-order valence-electron chi connectivity index (χ2n) is 6.33. The number of phenolic OH excluding ortho intramolecular Hbond substituents is 1. The minimum Gasteiger partial charge on any atom is -0.502 e. The molecular weight excluding hydrogens is 362 g/mol. The van der Waals surface area contributed by atoms with Crippen molar-refractivity contribution < 1.29 is 19.0 Å². The molecule has 28 heavy (non-hydrogen) atoms. The number of aromatic nitrogens is 3. The normalized spacial score (nSPS) is 11.5. The lowest BCUT2D eigenvalue weighted by atomic mass is 10.0. The fraction of sp³-hybridized carbons (Fsp3) is 0.100. The highest BCUT2D eigenvalue weighted by Crippen LogP contribution is 2.44. The largest absolute Gasteiger partial charge is 0.502 e. The summed E-state index contributed by atoms with van der Waals surface area (Å²) in [5.41, 5.74) is 3.54. The number of pyridine rings is 1. The Morgan fingerprint density at radius 3 is 2.54 bits per heavy atom. The zero-order chi connectivity index (χ0) is 19.4. The van der Waals surface area contributed by atoms with E-state index in [2.05, 4.69) is 15.2 Å². The number of hydrogen-bond donors (Lipinski definition) is 3. The van der Waals surface area contributed by atoms with Gasteiger partial charge < -0.3 is 24.1 Å². The topological polar surface area (TPSA) is 113 Å². The smallest absolute Gasteiger partial charge is 0.200 e. The first kappa shape index (κ1) is 16.2. The van der Waals surface area contributed by atoms with Crippen LogP contribution >= 0.6 is 0 Å². The fourth-order valence-electron chi connectivity index (χ4n) is 3.49. The van der Waals surface area contributed by atoms with Crippen molar-refractivity contribution in [2.24, 2.45) is 0 Å². The van der Waals surface area contributed by atoms with Gasteiger partial charge in [-0.2, -0.15) is 0 Å². The van der Waals surface area contributed by atoms with E-state index in [1.54, 1.807) is 24.4 Å². The number of H-pyrrole nitrogens is 2. The molecule has 0 amide bonds. The highest BCUT2D eigenvalue weighted by atomic mass is 16.5. The molecular formula is C20H15N3O5. The van der Waals surface area contributed by atoms with E-state index < -0.39 is 0 Å². The van der Waals surface area contributed by atoms with Crippen LogP contribution in [0.1, 0.15) is 0 Å². The Morgan fingerprint density at radius 1 is 1.07 bits per heavy atom. The monoisotopic (exact) mass is 377 g/mol. The molecule has 0 spiro atoms. The van der Waals surface area contributed by atoms with Crippen LogP contribution in [0, 0.1) is 0 Å². The number of benzene rings is 2. The van der Waals surface area contributed by atoms with E-state index >= 15 is 0 Å². The van der Waals surface area contributed by atoms with E-state index in [0.29, 0.717) is 27.9 Å². The van der Waals surface area contributed by atoms with E-state index in [4.69, 9.17) is 13.9 Å². The van der Waals surface area contributed by atoms with Crippen LogP contribution < -0.4 is 14.9 Å². The molecule has 0 atom stereocenters. The summed E-state index contributed by atoms with van der Waals surface area (Å²) in [6, 6.07) is 8.03. The van der Waals surface area contributed by atoms with E-state index in [1.807, 2.05) is 0 Å². The van der Waals surface area contributed by atoms with Crippen LogP contribution in [0.15, 0.2) is 45.7 Å². The van der Waals surface area contributed by atoms with Crippen molar-refractivity contribution in [3.63, 3.8) is 0 Å². The molecule has 0 fully saturated rings. The van der Waals surface area contributed by atoms with Gasteiger partial charge in [-0.05, 0) is 29.8 Å². The van der Waals surface area contributed by atoms with Crippen molar-refractivity contribution in [2.75, 3.05) is 14.2 Å². The molecule has 0 aliphatic carbocycles. The Morgan fingerprint density at radius 2 is 1.82 bits per heavy atom. The number of ether oxygens (including phenoxy) is 2. The van der Waals surface area contributed by atoms with E-state index in [0.717, 1.165) is 16.3 Å². The van der Waals surface area contributed by atoms with Gasteiger partial charge in [0, 0.05) is 28.6 Å². The fourth-order valence-corrected chi connectivity index (χ4v) is 3.49. The summed E-state index contributed by atoms with van der Waals surface area (Å²) in [6.45, 7) is 0. The molecule has 0 unspecified atom stereocenters. The van der Waals surface area contributed by atoms with Crippen LogP contribution in [0.25, 0.3) is 44.2 Å². The summed E-state index contributed by atoms with van der Waals surface area (Å²) in [5, 5.41) is 17.7. The van der Waals surface area contributed by atoms with Gasteiger partial charge in [0.1, 0.15) is 11.1 Å². The maximum atomic E-state index is 11.8. The van der Waals surface area contributed by atoms with Gasteiger partial charge in [0.2, 0.25) is 5.75 Å². The van der Waals surface area contributed by atoms with Crippen LogP contribution in [0.4, 0.5) is 0 Å². The maximum Gasteiger partial charge on any atom is 0.200 e. The molecule has 5 rings (SSSR count). The molecule has 3 heterocycles. The molecule has 0 saturated heterocycles. The molecule has 140 valence electrons. The molecule has 0 aliphatic heterocycles. The summed E-state index contributed by atoms with van der Waals surface area (Å²) >= 11 is 0. The van der Waals surface area contributed by atoms with Crippen molar-refractivity contribution in [1.29, 1.82) is 0 Å². The molecule has 5 aromatic rings. The first-order valence-electron chi connectivity index (χ1n) is 8.48. The number of hydrogen-bond acceptors (Lipinski definition) is 6. The van der Waals surface area contributed by atoms with Crippen LogP contribution in [-0.2, 0) is 0 Å². The van der Waals surface area contributed by atoms with Crippen molar-refractivity contribution in [3.05, 3.63) is 46.8 Å². The molecule has 3 N–H and O–H groups in total. The summed E-state index contributed by atoms with van der Waals surface area (Å²) in [7, 11) is 2.94. The predicted octanol–water partition coefficient (Wildman–Crippen LogP) is 3.54. The third-order valence-corrected chi connectivity index (χ3v) is 4.79. The van der Waals surface area contributed by atoms with Gasteiger partial charge >= 0.3 is 0 Å². The molecule has 0 saturated carbocycles. The highest BCUT2D eigenvalue weighted by molar-refractivity contribution is 6.14. The Hall–Kier alpha value is -3.94. The first-order chi connectivity index (χ1) is 13.6. The van der Waals surface area contributed by atoms with Crippen LogP contribution in [-0.4, -0.2) is 34.5 Å². The summed E-state index contributed by atoms with van der Waals surface area (Å²) in [4.78, 5) is 16.4. The second-order valence-corrected chi connectivity index (χ2v) is 6.33. The number of methoxy groups -OCH3 is 2. The molecule has 8 nitrogen and oxygen atoms in total. The zero-order valence-corrected chi connectivity index (χ0v) is 15.0. The summed E-state index contributed by atoms with van der Waals surface area (Å²) in [6.07, 6.45) is 1.77. The van der Waals surface area contributed by atoms with E-state index in [9.17, 15) is 9.90 Å². The number of phenols is 1.